The van der Waals surface area contributed by atoms with Crippen LogP contribution in [-0.4, -0.2) is 13.7 Å². The smallest absolute Gasteiger partial charge is 0.119 e. The topological polar surface area (TPSA) is 21.3 Å². The van der Waals surface area contributed by atoms with Crippen LogP contribution in [0.15, 0.2) is 46.9 Å². The summed E-state index contributed by atoms with van der Waals surface area (Å²) in [5.74, 6) is 0.914. The summed E-state index contributed by atoms with van der Waals surface area (Å²) in [5, 5.41) is 3.39. The molecule has 2 aromatic carbocycles. The minimum Gasteiger partial charge on any atom is -0.494 e. The average Bonchev–Trinajstić information content (AvgIpc) is 2.46. The van der Waals surface area contributed by atoms with Crippen LogP contribution < -0.4 is 10.1 Å². The molecule has 1 unspecified atom stereocenters. The van der Waals surface area contributed by atoms with Crippen LogP contribution in [-0.2, 0) is 0 Å². The average molecular weight is 334 g/mol. The fourth-order valence-corrected chi connectivity index (χ4v) is 2.74. The van der Waals surface area contributed by atoms with Crippen LogP contribution in [0.3, 0.4) is 0 Å². The fourth-order valence-electron chi connectivity index (χ4n) is 2.36. The zero-order chi connectivity index (χ0) is 14.5. The first-order valence-electron chi connectivity index (χ1n) is 6.82. The summed E-state index contributed by atoms with van der Waals surface area (Å²) in [7, 11) is 1.99. The molecular weight excluding hydrogens is 314 g/mol. The van der Waals surface area contributed by atoms with E-state index in [1.807, 2.05) is 26.1 Å². The lowest BCUT2D eigenvalue weighted by molar-refractivity contribution is 0.340. The number of hydrogen-bond donors (Lipinski definition) is 1. The minimum atomic E-state index is 0.183. The summed E-state index contributed by atoms with van der Waals surface area (Å²) in [6.45, 7) is 4.83. The first-order chi connectivity index (χ1) is 9.67. The molecule has 106 valence electrons. The van der Waals surface area contributed by atoms with Crippen molar-refractivity contribution in [2.24, 2.45) is 0 Å². The lowest BCUT2D eigenvalue weighted by Crippen LogP contribution is -2.18. The Balaban J connectivity index is 2.34. The molecule has 0 spiro atoms. The lowest BCUT2D eigenvalue weighted by Gasteiger charge is -2.20. The third-order valence-corrected chi connectivity index (χ3v) is 4.29. The zero-order valence-electron chi connectivity index (χ0n) is 12.1. The van der Waals surface area contributed by atoms with Crippen molar-refractivity contribution in [3.8, 4) is 5.75 Å². The van der Waals surface area contributed by atoms with Crippen molar-refractivity contribution >= 4 is 15.9 Å². The molecule has 2 rings (SSSR count). The van der Waals surface area contributed by atoms with Crippen molar-refractivity contribution in [3.05, 3.63) is 63.6 Å². The third-order valence-electron chi connectivity index (χ3n) is 3.43. The van der Waals surface area contributed by atoms with Crippen LogP contribution in [0.1, 0.15) is 29.7 Å². The van der Waals surface area contributed by atoms with Crippen molar-refractivity contribution in [2.75, 3.05) is 13.7 Å². The number of benzene rings is 2. The molecule has 0 saturated carbocycles. The van der Waals surface area contributed by atoms with E-state index in [4.69, 9.17) is 4.74 Å². The maximum Gasteiger partial charge on any atom is 0.119 e. The van der Waals surface area contributed by atoms with Gasteiger partial charge in [-0.3, -0.25) is 0 Å². The van der Waals surface area contributed by atoms with Crippen LogP contribution in [0, 0.1) is 6.92 Å². The van der Waals surface area contributed by atoms with Gasteiger partial charge in [0.25, 0.3) is 0 Å². The summed E-state index contributed by atoms with van der Waals surface area (Å²) < 4.78 is 6.63. The fraction of sp³-hybridized carbons (Fsp3) is 0.294. The predicted octanol–water partition coefficient (Wildman–Crippen LogP) is 4.47. The van der Waals surface area contributed by atoms with Crippen LogP contribution >= 0.6 is 15.9 Å². The minimum absolute atomic E-state index is 0.183. The summed E-state index contributed by atoms with van der Waals surface area (Å²) in [5.41, 5.74) is 3.78. The molecule has 0 bridgehead atoms. The number of halogens is 1. The number of nitrogens with one attached hydrogen (secondary N) is 1. The van der Waals surface area contributed by atoms with Gasteiger partial charge < -0.3 is 10.1 Å². The second-order valence-electron chi connectivity index (χ2n) is 4.68. The molecule has 0 aliphatic carbocycles. The van der Waals surface area contributed by atoms with Gasteiger partial charge in [0.15, 0.2) is 0 Å². The van der Waals surface area contributed by atoms with Gasteiger partial charge in [-0.2, -0.15) is 0 Å². The molecule has 0 aliphatic heterocycles. The van der Waals surface area contributed by atoms with Crippen molar-refractivity contribution in [1.29, 1.82) is 0 Å². The van der Waals surface area contributed by atoms with Crippen molar-refractivity contribution in [3.63, 3.8) is 0 Å². The van der Waals surface area contributed by atoms with E-state index in [9.17, 15) is 0 Å². The van der Waals surface area contributed by atoms with Gasteiger partial charge in [0.1, 0.15) is 5.75 Å². The quantitative estimate of drug-likeness (QED) is 0.871. The predicted molar refractivity (Wildman–Crippen MR) is 87.4 cm³/mol. The van der Waals surface area contributed by atoms with Crippen molar-refractivity contribution in [1.82, 2.24) is 5.32 Å². The Morgan fingerprint density at radius 2 is 1.85 bits per heavy atom. The lowest BCUT2D eigenvalue weighted by atomic mass is 9.95. The van der Waals surface area contributed by atoms with Crippen LogP contribution in [0.25, 0.3) is 0 Å². The SMILES string of the molecule is CCOc1ccc(C(NC)c2cccc(Br)c2C)cc1. The molecule has 1 N–H and O–H groups in total. The van der Waals surface area contributed by atoms with E-state index in [0.717, 1.165) is 10.2 Å². The monoisotopic (exact) mass is 333 g/mol. The molecule has 2 aromatic rings. The normalized spacial score (nSPS) is 12.2. The molecule has 0 amide bonds. The maximum absolute atomic E-state index is 5.49. The van der Waals surface area contributed by atoms with Gasteiger partial charge in [0, 0.05) is 4.47 Å². The molecule has 1 atom stereocenters. The van der Waals surface area contributed by atoms with E-state index in [0.29, 0.717) is 6.61 Å². The van der Waals surface area contributed by atoms with Crippen molar-refractivity contribution < 1.29 is 4.74 Å². The molecule has 3 heteroatoms. The van der Waals surface area contributed by atoms with E-state index in [-0.39, 0.29) is 6.04 Å². The largest absolute Gasteiger partial charge is 0.494 e. The van der Waals surface area contributed by atoms with Gasteiger partial charge in [0.2, 0.25) is 0 Å². The Kier molecular flexibility index (Phi) is 5.21. The van der Waals surface area contributed by atoms with E-state index in [1.54, 1.807) is 0 Å². The van der Waals surface area contributed by atoms with Gasteiger partial charge >= 0.3 is 0 Å². The number of rotatable bonds is 5. The first kappa shape index (κ1) is 15.1. The van der Waals surface area contributed by atoms with E-state index >= 15 is 0 Å². The van der Waals surface area contributed by atoms with Crippen molar-refractivity contribution in [2.45, 2.75) is 19.9 Å². The molecule has 0 fully saturated rings. The van der Waals surface area contributed by atoms with Gasteiger partial charge in [-0.05, 0) is 55.8 Å². The van der Waals surface area contributed by atoms with Crippen LogP contribution in [0.2, 0.25) is 0 Å². The van der Waals surface area contributed by atoms with Gasteiger partial charge in [-0.1, -0.05) is 40.2 Å². The first-order valence-corrected chi connectivity index (χ1v) is 7.61. The van der Waals surface area contributed by atoms with Gasteiger partial charge in [0.05, 0.1) is 12.6 Å². The standard InChI is InChI=1S/C17H20BrNO/c1-4-20-14-10-8-13(9-11-14)17(19-3)15-6-5-7-16(18)12(15)2/h5-11,17,19H,4H2,1-3H3. The highest BCUT2D eigenvalue weighted by atomic mass is 79.9. The Labute approximate surface area is 129 Å². The molecule has 0 aromatic heterocycles. The third kappa shape index (κ3) is 3.22. The molecule has 0 radical (unpaired) electrons. The molecule has 0 saturated heterocycles. The summed E-state index contributed by atoms with van der Waals surface area (Å²) in [4.78, 5) is 0. The number of ether oxygens (including phenoxy) is 1. The highest BCUT2D eigenvalue weighted by Crippen LogP contribution is 2.29. The van der Waals surface area contributed by atoms with Crippen LogP contribution in [0.5, 0.6) is 5.75 Å². The van der Waals surface area contributed by atoms with E-state index < -0.39 is 0 Å². The Bertz CT molecular complexity index is 566. The van der Waals surface area contributed by atoms with Crippen LogP contribution in [0.4, 0.5) is 0 Å². The molecule has 20 heavy (non-hydrogen) atoms. The summed E-state index contributed by atoms with van der Waals surface area (Å²) in [6, 6.07) is 14.8. The van der Waals surface area contributed by atoms with Gasteiger partial charge in [-0.25, -0.2) is 0 Å². The molecule has 0 heterocycles. The summed E-state index contributed by atoms with van der Waals surface area (Å²) in [6.07, 6.45) is 0. The maximum atomic E-state index is 5.49. The van der Waals surface area contributed by atoms with E-state index in [2.05, 4.69) is 58.5 Å². The Hall–Kier alpha value is -1.32. The Morgan fingerprint density at radius 3 is 2.45 bits per heavy atom. The second-order valence-corrected chi connectivity index (χ2v) is 5.53. The second kappa shape index (κ2) is 6.91. The molecule has 0 aliphatic rings. The van der Waals surface area contributed by atoms with E-state index in [1.165, 1.54) is 16.7 Å². The number of hydrogen-bond acceptors (Lipinski definition) is 2. The molecule has 2 nitrogen and oxygen atoms in total. The highest BCUT2D eigenvalue weighted by molar-refractivity contribution is 9.10. The zero-order valence-corrected chi connectivity index (χ0v) is 13.7. The highest BCUT2D eigenvalue weighted by Gasteiger charge is 2.15. The summed E-state index contributed by atoms with van der Waals surface area (Å²) >= 11 is 3.60. The molecular formula is C17H20BrNO. The Morgan fingerprint density at radius 1 is 1.15 bits per heavy atom. The van der Waals surface area contributed by atoms with Gasteiger partial charge in [-0.15, -0.1) is 0 Å².